The quantitative estimate of drug-likeness (QED) is 0.571. The molecule has 0 saturated carbocycles. The van der Waals surface area contributed by atoms with Crippen molar-refractivity contribution in [2.24, 2.45) is 0 Å². The van der Waals surface area contributed by atoms with E-state index in [2.05, 4.69) is 10.6 Å². The molecule has 1 spiro atoms. The summed E-state index contributed by atoms with van der Waals surface area (Å²) in [6, 6.07) is -0.551. The Balaban J connectivity index is 2.01. The Bertz CT molecular complexity index is 450. The van der Waals surface area contributed by atoms with Gasteiger partial charge in [-0.25, -0.2) is 4.79 Å². The highest BCUT2D eigenvalue weighted by Crippen LogP contribution is 2.24. The number of carbonyl (C=O) groups is 4. The number of amides is 4. The van der Waals surface area contributed by atoms with Gasteiger partial charge in [0.05, 0.1) is 13.0 Å². The molecule has 3 N–H and O–H groups in total. The van der Waals surface area contributed by atoms with E-state index in [-0.39, 0.29) is 25.3 Å². The standard InChI is InChI=1S/C11H15N3O5/c15-7(2-3-8(16)17)14-5-1-4-11(6-14)9(18)12-10(19)13-11/h1-6H2,(H,16,17)(H2,12,13,18,19). The Morgan fingerprint density at radius 1 is 1.32 bits per heavy atom. The first-order valence-corrected chi connectivity index (χ1v) is 6.06. The van der Waals surface area contributed by atoms with Crippen LogP contribution in [-0.2, 0) is 14.4 Å². The van der Waals surface area contributed by atoms with Crippen molar-refractivity contribution in [1.29, 1.82) is 0 Å². The second kappa shape index (κ2) is 4.87. The molecule has 0 bridgehead atoms. The Hall–Kier alpha value is -2.12. The molecule has 2 fully saturated rings. The maximum atomic E-state index is 11.8. The molecule has 2 heterocycles. The van der Waals surface area contributed by atoms with Gasteiger partial charge in [0.2, 0.25) is 5.91 Å². The minimum atomic E-state index is -1.05. The fourth-order valence-corrected chi connectivity index (χ4v) is 2.46. The summed E-state index contributed by atoms with van der Waals surface area (Å²) >= 11 is 0. The van der Waals surface area contributed by atoms with Crippen LogP contribution in [0, 0.1) is 0 Å². The maximum absolute atomic E-state index is 11.8. The van der Waals surface area contributed by atoms with Gasteiger partial charge >= 0.3 is 12.0 Å². The van der Waals surface area contributed by atoms with Gasteiger partial charge in [0.1, 0.15) is 5.54 Å². The number of rotatable bonds is 3. The van der Waals surface area contributed by atoms with Crippen molar-refractivity contribution >= 4 is 23.8 Å². The number of hydrogen-bond acceptors (Lipinski definition) is 4. The van der Waals surface area contributed by atoms with Crippen LogP contribution in [0.15, 0.2) is 0 Å². The largest absolute Gasteiger partial charge is 0.481 e. The predicted molar refractivity (Wildman–Crippen MR) is 62.1 cm³/mol. The first kappa shape index (κ1) is 13.3. The van der Waals surface area contributed by atoms with Gasteiger partial charge < -0.3 is 15.3 Å². The normalized spacial score (nSPS) is 26.2. The molecule has 2 aliphatic heterocycles. The van der Waals surface area contributed by atoms with Crippen LogP contribution in [0.25, 0.3) is 0 Å². The third-order valence-corrected chi connectivity index (χ3v) is 3.41. The van der Waals surface area contributed by atoms with Crippen LogP contribution >= 0.6 is 0 Å². The van der Waals surface area contributed by atoms with Crippen LogP contribution in [0.5, 0.6) is 0 Å². The summed E-state index contributed by atoms with van der Waals surface area (Å²) in [4.78, 5) is 46.7. The van der Waals surface area contributed by atoms with Crippen LogP contribution in [0.3, 0.4) is 0 Å². The van der Waals surface area contributed by atoms with Crippen LogP contribution < -0.4 is 10.6 Å². The van der Waals surface area contributed by atoms with Crippen molar-refractivity contribution in [3.8, 4) is 0 Å². The molecule has 0 aliphatic carbocycles. The van der Waals surface area contributed by atoms with Gasteiger partial charge in [-0.2, -0.15) is 0 Å². The Morgan fingerprint density at radius 2 is 2.05 bits per heavy atom. The average Bonchev–Trinajstić information content (AvgIpc) is 2.61. The summed E-state index contributed by atoms with van der Waals surface area (Å²) in [5.74, 6) is -1.77. The third-order valence-electron chi connectivity index (χ3n) is 3.41. The Labute approximate surface area is 109 Å². The molecule has 2 aliphatic rings. The summed E-state index contributed by atoms with van der Waals surface area (Å²) < 4.78 is 0. The van der Waals surface area contributed by atoms with E-state index in [1.807, 2.05) is 0 Å². The second-order valence-electron chi connectivity index (χ2n) is 4.80. The Morgan fingerprint density at radius 3 is 2.63 bits per heavy atom. The van der Waals surface area contributed by atoms with E-state index in [4.69, 9.17) is 5.11 Å². The predicted octanol–water partition coefficient (Wildman–Crippen LogP) is -0.948. The molecule has 1 atom stereocenters. The lowest BCUT2D eigenvalue weighted by molar-refractivity contribution is -0.142. The number of nitrogens with one attached hydrogen (secondary N) is 2. The number of urea groups is 1. The summed E-state index contributed by atoms with van der Waals surface area (Å²) in [5, 5.41) is 13.3. The van der Waals surface area contributed by atoms with Crippen molar-refractivity contribution in [3.63, 3.8) is 0 Å². The number of aliphatic carboxylic acids is 1. The molecule has 8 nitrogen and oxygen atoms in total. The molecule has 2 saturated heterocycles. The highest BCUT2D eigenvalue weighted by molar-refractivity contribution is 6.07. The number of carboxylic acids is 1. The summed E-state index contributed by atoms with van der Waals surface area (Å²) in [6.45, 7) is 0.576. The van der Waals surface area contributed by atoms with Crippen molar-refractivity contribution < 1.29 is 24.3 Å². The average molecular weight is 269 g/mol. The minimum absolute atomic E-state index is 0.0963. The van der Waals surface area contributed by atoms with E-state index in [0.29, 0.717) is 19.4 Å². The summed E-state index contributed by atoms with van der Waals surface area (Å²) in [6.07, 6.45) is 0.738. The molecule has 2 rings (SSSR count). The van der Waals surface area contributed by atoms with Gasteiger partial charge in [0.25, 0.3) is 5.91 Å². The van der Waals surface area contributed by atoms with Crippen LogP contribution in [0.4, 0.5) is 4.79 Å². The first-order valence-electron chi connectivity index (χ1n) is 6.06. The molecule has 8 heteroatoms. The highest BCUT2D eigenvalue weighted by Gasteiger charge is 2.49. The second-order valence-corrected chi connectivity index (χ2v) is 4.80. The Kier molecular flexibility index (Phi) is 3.41. The summed E-state index contributed by atoms with van der Waals surface area (Å²) in [7, 11) is 0. The summed E-state index contributed by atoms with van der Waals surface area (Å²) in [5.41, 5.74) is -1.05. The van der Waals surface area contributed by atoms with E-state index in [9.17, 15) is 19.2 Å². The van der Waals surface area contributed by atoms with E-state index < -0.39 is 23.4 Å². The highest BCUT2D eigenvalue weighted by atomic mass is 16.4. The zero-order chi connectivity index (χ0) is 14.0. The van der Waals surface area contributed by atoms with E-state index >= 15 is 0 Å². The maximum Gasteiger partial charge on any atom is 0.322 e. The van der Waals surface area contributed by atoms with Gasteiger partial charge in [0, 0.05) is 13.0 Å². The number of nitrogens with zero attached hydrogens (tertiary/aromatic N) is 1. The SMILES string of the molecule is O=C(O)CCC(=O)N1CCCC2(C1)NC(=O)NC2=O. The van der Waals surface area contributed by atoms with Crippen molar-refractivity contribution in [2.75, 3.05) is 13.1 Å². The topological polar surface area (TPSA) is 116 Å². The molecule has 4 amide bonds. The first-order chi connectivity index (χ1) is 8.93. The van der Waals surface area contributed by atoms with Gasteiger partial charge in [-0.1, -0.05) is 0 Å². The molecule has 0 aromatic rings. The molecule has 1 unspecified atom stereocenters. The lowest BCUT2D eigenvalue weighted by atomic mass is 9.89. The molecule has 0 radical (unpaired) electrons. The van der Waals surface area contributed by atoms with E-state index in [1.54, 1.807) is 0 Å². The third kappa shape index (κ3) is 2.67. The van der Waals surface area contributed by atoms with Crippen LogP contribution in [-0.4, -0.2) is 52.4 Å². The fourth-order valence-electron chi connectivity index (χ4n) is 2.46. The van der Waals surface area contributed by atoms with Crippen LogP contribution in [0.2, 0.25) is 0 Å². The minimum Gasteiger partial charge on any atom is -0.481 e. The zero-order valence-electron chi connectivity index (χ0n) is 10.3. The fraction of sp³-hybridized carbons (Fsp3) is 0.636. The molecular weight excluding hydrogens is 254 g/mol. The van der Waals surface area contributed by atoms with Crippen molar-refractivity contribution in [2.45, 2.75) is 31.2 Å². The van der Waals surface area contributed by atoms with E-state index in [0.717, 1.165) is 0 Å². The lowest BCUT2D eigenvalue weighted by Gasteiger charge is -2.38. The number of carboxylic acid groups (broad SMARTS) is 1. The van der Waals surface area contributed by atoms with E-state index in [1.165, 1.54) is 4.90 Å². The van der Waals surface area contributed by atoms with Crippen LogP contribution in [0.1, 0.15) is 25.7 Å². The lowest BCUT2D eigenvalue weighted by Crippen LogP contribution is -2.59. The van der Waals surface area contributed by atoms with Gasteiger partial charge in [-0.3, -0.25) is 19.7 Å². The number of carbonyl (C=O) groups excluding carboxylic acids is 3. The van der Waals surface area contributed by atoms with Crippen molar-refractivity contribution in [1.82, 2.24) is 15.5 Å². The molecule has 0 aromatic carbocycles. The van der Waals surface area contributed by atoms with Gasteiger partial charge in [-0.15, -0.1) is 0 Å². The van der Waals surface area contributed by atoms with Gasteiger partial charge in [-0.05, 0) is 12.8 Å². The number of likely N-dealkylation sites (tertiary alicyclic amines) is 1. The van der Waals surface area contributed by atoms with Crippen molar-refractivity contribution in [3.05, 3.63) is 0 Å². The molecular formula is C11H15N3O5. The molecule has 19 heavy (non-hydrogen) atoms. The zero-order valence-corrected chi connectivity index (χ0v) is 10.3. The number of hydrogen-bond donors (Lipinski definition) is 3. The number of piperidine rings is 1. The van der Waals surface area contributed by atoms with Gasteiger partial charge in [0.15, 0.2) is 0 Å². The molecule has 104 valence electrons. The number of imide groups is 1. The molecule has 0 aromatic heterocycles. The monoisotopic (exact) mass is 269 g/mol. The smallest absolute Gasteiger partial charge is 0.322 e.